The van der Waals surface area contributed by atoms with Crippen molar-refractivity contribution in [3.05, 3.63) is 53.3 Å². The standard InChI is InChI=1S/C17H18F3N3O/c1-22-11-14(10-21-22)16(24)23-8-6-13(7-9-23)12-2-4-15(5-3-12)17(18,19)20/h2-5,10-11,13H,6-9H2,1H3. The average Bonchev–Trinajstić information content (AvgIpc) is 3.00. The normalized spacial score (nSPS) is 16.4. The summed E-state index contributed by atoms with van der Waals surface area (Å²) in [6, 6.07) is 5.35. The summed E-state index contributed by atoms with van der Waals surface area (Å²) in [5.74, 6) is 0.138. The minimum atomic E-state index is -4.31. The van der Waals surface area contributed by atoms with Crippen LogP contribution in [-0.4, -0.2) is 33.7 Å². The highest BCUT2D eigenvalue weighted by molar-refractivity contribution is 5.93. The highest BCUT2D eigenvalue weighted by Gasteiger charge is 2.31. The fourth-order valence-electron chi connectivity index (χ4n) is 3.07. The Morgan fingerprint density at radius 2 is 1.79 bits per heavy atom. The summed E-state index contributed by atoms with van der Waals surface area (Å²) in [4.78, 5) is 14.1. The minimum Gasteiger partial charge on any atom is -0.339 e. The summed E-state index contributed by atoms with van der Waals surface area (Å²) >= 11 is 0. The number of halogens is 3. The number of rotatable bonds is 2. The van der Waals surface area contributed by atoms with Crippen LogP contribution in [0.1, 0.15) is 40.2 Å². The highest BCUT2D eigenvalue weighted by atomic mass is 19.4. The van der Waals surface area contributed by atoms with E-state index in [9.17, 15) is 18.0 Å². The number of alkyl halides is 3. The first kappa shape index (κ1) is 16.5. The first-order chi connectivity index (χ1) is 11.3. The lowest BCUT2D eigenvalue weighted by molar-refractivity contribution is -0.137. The zero-order valence-electron chi connectivity index (χ0n) is 13.3. The molecule has 0 unspecified atom stereocenters. The Morgan fingerprint density at radius 3 is 2.29 bits per heavy atom. The maximum Gasteiger partial charge on any atom is 0.416 e. The molecule has 3 rings (SSSR count). The van der Waals surface area contributed by atoms with Crippen LogP contribution in [-0.2, 0) is 13.2 Å². The van der Waals surface area contributed by atoms with Gasteiger partial charge in [-0.1, -0.05) is 12.1 Å². The molecule has 0 radical (unpaired) electrons. The van der Waals surface area contributed by atoms with Crippen molar-refractivity contribution in [1.82, 2.24) is 14.7 Å². The van der Waals surface area contributed by atoms with Gasteiger partial charge in [0.2, 0.25) is 0 Å². The number of nitrogens with zero attached hydrogens (tertiary/aromatic N) is 3. The number of benzene rings is 1. The van der Waals surface area contributed by atoms with E-state index in [0.717, 1.165) is 30.5 Å². The highest BCUT2D eigenvalue weighted by Crippen LogP contribution is 2.33. The smallest absolute Gasteiger partial charge is 0.339 e. The number of aryl methyl sites for hydroxylation is 1. The van der Waals surface area contributed by atoms with E-state index in [1.54, 1.807) is 41.2 Å². The van der Waals surface area contributed by atoms with Crippen molar-refractivity contribution in [3.63, 3.8) is 0 Å². The Hall–Kier alpha value is -2.31. The second-order valence-electron chi connectivity index (χ2n) is 6.09. The Labute approximate surface area is 137 Å². The topological polar surface area (TPSA) is 38.1 Å². The van der Waals surface area contributed by atoms with Crippen molar-refractivity contribution in [1.29, 1.82) is 0 Å². The van der Waals surface area contributed by atoms with Crippen molar-refractivity contribution in [2.45, 2.75) is 24.9 Å². The Morgan fingerprint density at radius 1 is 1.17 bits per heavy atom. The van der Waals surface area contributed by atoms with E-state index in [1.807, 2.05) is 0 Å². The molecule has 0 atom stereocenters. The summed E-state index contributed by atoms with van der Waals surface area (Å²) in [6.45, 7) is 1.19. The second kappa shape index (κ2) is 6.30. The third-order valence-electron chi connectivity index (χ3n) is 4.44. The van der Waals surface area contributed by atoms with E-state index in [1.165, 1.54) is 0 Å². The molecule has 0 bridgehead atoms. The minimum absolute atomic E-state index is 0.0473. The molecule has 1 aliphatic rings. The molecule has 0 saturated carbocycles. The third kappa shape index (κ3) is 3.44. The van der Waals surface area contributed by atoms with Crippen LogP contribution < -0.4 is 0 Å². The molecule has 0 aliphatic carbocycles. The van der Waals surface area contributed by atoms with E-state index in [4.69, 9.17) is 0 Å². The van der Waals surface area contributed by atoms with Gasteiger partial charge in [-0.05, 0) is 36.5 Å². The van der Waals surface area contributed by atoms with Gasteiger partial charge in [-0.25, -0.2) is 0 Å². The monoisotopic (exact) mass is 337 g/mol. The molecular weight excluding hydrogens is 319 g/mol. The first-order valence-electron chi connectivity index (χ1n) is 7.79. The average molecular weight is 337 g/mol. The quantitative estimate of drug-likeness (QED) is 0.842. The summed E-state index contributed by atoms with van der Waals surface area (Å²) in [7, 11) is 1.76. The van der Waals surface area contributed by atoms with Gasteiger partial charge >= 0.3 is 6.18 Å². The van der Waals surface area contributed by atoms with Gasteiger partial charge in [-0.15, -0.1) is 0 Å². The Balaban J connectivity index is 1.61. The molecule has 1 aliphatic heterocycles. The SMILES string of the molecule is Cn1cc(C(=O)N2CCC(c3ccc(C(F)(F)F)cc3)CC2)cn1. The molecule has 2 heterocycles. The summed E-state index contributed by atoms with van der Waals surface area (Å²) in [6.07, 6.45) is 0.418. The van der Waals surface area contributed by atoms with Crippen molar-refractivity contribution >= 4 is 5.91 Å². The van der Waals surface area contributed by atoms with Crippen molar-refractivity contribution < 1.29 is 18.0 Å². The Bertz CT molecular complexity index is 713. The molecule has 2 aromatic rings. The van der Waals surface area contributed by atoms with E-state index in [-0.39, 0.29) is 11.8 Å². The molecule has 1 aromatic heterocycles. The maximum atomic E-state index is 12.6. The predicted octanol–water partition coefficient (Wildman–Crippen LogP) is 3.46. The molecule has 1 amide bonds. The van der Waals surface area contributed by atoms with Crippen LogP contribution in [0.25, 0.3) is 0 Å². The van der Waals surface area contributed by atoms with Crippen molar-refractivity contribution in [2.24, 2.45) is 7.05 Å². The summed E-state index contributed by atoms with van der Waals surface area (Å²) in [5, 5.41) is 4.00. The van der Waals surface area contributed by atoms with Gasteiger partial charge in [0.25, 0.3) is 5.91 Å². The zero-order valence-corrected chi connectivity index (χ0v) is 13.3. The number of aromatic nitrogens is 2. The molecule has 4 nitrogen and oxygen atoms in total. The van der Waals surface area contributed by atoms with E-state index in [2.05, 4.69) is 5.10 Å². The van der Waals surface area contributed by atoms with Crippen LogP contribution >= 0.6 is 0 Å². The lowest BCUT2D eigenvalue weighted by Gasteiger charge is -2.32. The third-order valence-corrected chi connectivity index (χ3v) is 4.44. The van der Waals surface area contributed by atoms with E-state index in [0.29, 0.717) is 18.7 Å². The molecule has 1 fully saturated rings. The maximum absolute atomic E-state index is 12.6. The largest absolute Gasteiger partial charge is 0.416 e. The molecule has 128 valence electrons. The number of piperidine rings is 1. The lowest BCUT2D eigenvalue weighted by atomic mass is 9.89. The van der Waals surface area contributed by atoms with Gasteiger partial charge in [-0.2, -0.15) is 18.3 Å². The number of likely N-dealkylation sites (tertiary alicyclic amines) is 1. The van der Waals surface area contributed by atoms with Crippen LogP contribution in [0.3, 0.4) is 0 Å². The molecular formula is C17H18F3N3O. The molecule has 0 spiro atoms. The van der Waals surface area contributed by atoms with Gasteiger partial charge in [0, 0.05) is 26.3 Å². The van der Waals surface area contributed by atoms with E-state index >= 15 is 0 Å². The fourth-order valence-corrected chi connectivity index (χ4v) is 3.07. The number of carbonyl (C=O) groups excluding carboxylic acids is 1. The van der Waals surface area contributed by atoms with Crippen molar-refractivity contribution in [3.8, 4) is 0 Å². The summed E-state index contributed by atoms with van der Waals surface area (Å²) in [5.41, 5.74) is 0.831. The van der Waals surface area contributed by atoms with Gasteiger partial charge in [0.05, 0.1) is 17.3 Å². The van der Waals surface area contributed by atoms with Gasteiger partial charge < -0.3 is 4.90 Å². The fraction of sp³-hybridized carbons (Fsp3) is 0.412. The Kier molecular flexibility index (Phi) is 4.34. The van der Waals surface area contributed by atoms with E-state index < -0.39 is 11.7 Å². The predicted molar refractivity (Wildman–Crippen MR) is 82.5 cm³/mol. The van der Waals surface area contributed by atoms with Crippen LogP contribution in [0.5, 0.6) is 0 Å². The van der Waals surface area contributed by atoms with Gasteiger partial charge in [0.1, 0.15) is 0 Å². The van der Waals surface area contributed by atoms with Crippen LogP contribution in [0.2, 0.25) is 0 Å². The summed E-state index contributed by atoms with van der Waals surface area (Å²) < 4.78 is 39.4. The molecule has 0 N–H and O–H groups in total. The molecule has 1 aromatic carbocycles. The number of hydrogen-bond donors (Lipinski definition) is 0. The second-order valence-corrected chi connectivity index (χ2v) is 6.09. The first-order valence-corrected chi connectivity index (χ1v) is 7.79. The number of amides is 1. The lowest BCUT2D eigenvalue weighted by Crippen LogP contribution is -2.37. The molecule has 1 saturated heterocycles. The van der Waals surface area contributed by atoms with Crippen LogP contribution in [0.15, 0.2) is 36.7 Å². The van der Waals surface area contributed by atoms with Crippen LogP contribution in [0, 0.1) is 0 Å². The zero-order chi connectivity index (χ0) is 17.3. The number of carbonyl (C=O) groups is 1. The van der Waals surface area contributed by atoms with Crippen molar-refractivity contribution in [2.75, 3.05) is 13.1 Å². The van der Waals surface area contributed by atoms with Gasteiger partial charge in [0.15, 0.2) is 0 Å². The van der Waals surface area contributed by atoms with Gasteiger partial charge in [-0.3, -0.25) is 9.48 Å². The number of hydrogen-bond acceptors (Lipinski definition) is 2. The molecule has 7 heteroatoms. The molecule has 24 heavy (non-hydrogen) atoms. The van der Waals surface area contributed by atoms with Crippen LogP contribution in [0.4, 0.5) is 13.2 Å².